The number of para-hydroxylation sites is 1. The lowest BCUT2D eigenvalue weighted by Gasteiger charge is -2.35. The third-order valence-corrected chi connectivity index (χ3v) is 4.29. The van der Waals surface area contributed by atoms with Gasteiger partial charge in [0.15, 0.2) is 0 Å². The molecular weight excluding hydrogens is 238 g/mol. The molecule has 4 atom stereocenters. The molecule has 0 aliphatic carbocycles. The van der Waals surface area contributed by atoms with E-state index in [1.54, 1.807) is 0 Å². The fourth-order valence-corrected chi connectivity index (χ4v) is 3.13. The summed E-state index contributed by atoms with van der Waals surface area (Å²) in [6.07, 6.45) is 2.73. The molecule has 0 saturated carbocycles. The Morgan fingerprint density at radius 3 is 2.95 bits per heavy atom. The lowest BCUT2D eigenvalue weighted by Crippen LogP contribution is -2.43. The fraction of sp³-hybridized carbons (Fsp3) is 0.625. The Balaban J connectivity index is 1.75. The molecule has 4 unspecified atom stereocenters. The van der Waals surface area contributed by atoms with E-state index < -0.39 is 0 Å². The van der Waals surface area contributed by atoms with Crippen LogP contribution in [0.3, 0.4) is 0 Å². The standard InChI is InChI=1S/C16H23NO2/c1-11-10-19-15-7-4-3-6-13(15)16(11)17-12(2)14-8-5-9-18-14/h3-4,6-7,11-12,14,16-17H,5,8-10H2,1-2H3. The van der Waals surface area contributed by atoms with E-state index in [0.29, 0.717) is 24.1 Å². The number of rotatable bonds is 3. The SMILES string of the molecule is CC1COc2ccccc2C1NC(C)C1CCCO1. The molecule has 3 nitrogen and oxygen atoms in total. The molecular formula is C16H23NO2. The van der Waals surface area contributed by atoms with Gasteiger partial charge >= 0.3 is 0 Å². The summed E-state index contributed by atoms with van der Waals surface area (Å²) in [5.74, 6) is 1.51. The van der Waals surface area contributed by atoms with Crippen LogP contribution < -0.4 is 10.1 Å². The zero-order valence-corrected chi connectivity index (χ0v) is 11.8. The predicted octanol–water partition coefficient (Wildman–Crippen LogP) is 2.91. The van der Waals surface area contributed by atoms with E-state index in [4.69, 9.17) is 9.47 Å². The van der Waals surface area contributed by atoms with Gasteiger partial charge in [-0.3, -0.25) is 0 Å². The van der Waals surface area contributed by atoms with Crippen LogP contribution in [-0.2, 0) is 4.74 Å². The van der Waals surface area contributed by atoms with Crippen molar-refractivity contribution in [1.29, 1.82) is 0 Å². The smallest absolute Gasteiger partial charge is 0.124 e. The van der Waals surface area contributed by atoms with Crippen LogP contribution in [0.4, 0.5) is 0 Å². The maximum atomic E-state index is 5.80. The Morgan fingerprint density at radius 2 is 2.16 bits per heavy atom. The van der Waals surface area contributed by atoms with Crippen LogP contribution in [0.1, 0.15) is 38.3 Å². The molecule has 0 amide bonds. The topological polar surface area (TPSA) is 30.5 Å². The summed E-state index contributed by atoms with van der Waals surface area (Å²) in [6.45, 7) is 6.18. The maximum Gasteiger partial charge on any atom is 0.124 e. The second-order valence-electron chi connectivity index (χ2n) is 5.81. The lowest BCUT2D eigenvalue weighted by molar-refractivity contribution is 0.0713. The molecule has 1 aromatic carbocycles. The molecule has 1 fully saturated rings. The van der Waals surface area contributed by atoms with Crippen LogP contribution in [0.2, 0.25) is 0 Å². The predicted molar refractivity (Wildman–Crippen MR) is 75.4 cm³/mol. The molecule has 1 N–H and O–H groups in total. The molecule has 2 heterocycles. The van der Waals surface area contributed by atoms with Crippen LogP contribution in [0.15, 0.2) is 24.3 Å². The first-order valence-electron chi connectivity index (χ1n) is 7.35. The van der Waals surface area contributed by atoms with Gasteiger partial charge in [0.05, 0.1) is 12.7 Å². The molecule has 2 aliphatic heterocycles. The largest absolute Gasteiger partial charge is 0.493 e. The van der Waals surface area contributed by atoms with Crippen molar-refractivity contribution >= 4 is 0 Å². The van der Waals surface area contributed by atoms with Crippen LogP contribution in [-0.4, -0.2) is 25.4 Å². The number of ether oxygens (including phenoxy) is 2. The molecule has 0 aromatic heterocycles. The Hall–Kier alpha value is -1.06. The second kappa shape index (κ2) is 5.51. The first kappa shape index (κ1) is 12.9. The van der Waals surface area contributed by atoms with Crippen molar-refractivity contribution in [3.63, 3.8) is 0 Å². The Kier molecular flexibility index (Phi) is 3.76. The van der Waals surface area contributed by atoms with Gasteiger partial charge in [0.25, 0.3) is 0 Å². The van der Waals surface area contributed by atoms with Gasteiger partial charge in [-0.25, -0.2) is 0 Å². The normalized spacial score (nSPS) is 31.6. The minimum Gasteiger partial charge on any atom is -0.493 e. The van der Waals surface area contributed by atoms with Crippen LogP contribution in [0, 0.1) is 5.92 Å². The van der Waals surface area contributed by atoms with Crippen molar-refractivity contribution in [2.24, 2.45) is 5.92 Å². The summed E-state index contributed by atoms with van der Waals surface area (Å²) in [6, 6.07) is 9.11. The van der Waals surface area contributed by atoms with Crippen molar-refractivity contribution in [1.82, 2.24) is 5.32 Å². The van der Waals surface area contributed by atoms with E-state index in [1.165, 1.54) is 18.4 Å². The minimum absolute atomic E-state index is 0.363. The van der Waals surface area contributed by atoms with Gasteiger partial charge < -0.3 is 14.8 Å². The van der Waals surface area contributed by atoms with Crippen LogP contribution in [0.25, 0.3) is 0 Å². The molecule has 0 radical (unpaired) electrons. The van der Waals surface area contributed by atoms with Crippen LogP contribution in [0.5, 0.6) is 5.75 Å². The van der Waals surface area contributed by atoms with Gasteiger partial charge in [-0.05, 0) is 25.8 Å². The average Bonchev–Trinajstić information content (AvgIpc) is 2.96. The van der Waals surface area contributed by atoms with Gasteiger partial charge in [0.1, 0.15) is 5.75 Å². The number of benzene rings is 1. The van der Waals surface area contributed by atoms with Gasteiger partial charge in [-0.1, -0.05) is 25.1 Å². The van der Waals surface area contributed by atoms with Crippen LogP contribution >= 0.6 is 0 Å². The van der Waals surface area contributed by atoms with E-state index in [2.05, 4.69) is 37.4 Å². The second-order valence-corrected chi connectivity index (χ2v) is 5.81. The van der Waals surface area contributed by atoms with E-state index in [-0.39, 0.29) is 0 Å². The fourth-order valence-electron chi connectivity index (χ4n) is 3.13. The van der Waals surface area contributed by atoms with E-state index in [0.717, 1.165) is 19.0 Å². The third-order valence-electron chi connectivity index (χ3n) is 4.29. The number of hydrogen-bond acceptors (Lipinski definition) is 3. The summed E-state index contributed by atoms with van der Waals surface area (Å²) >= 11 is 0. The zero-order chi connectivity index (χ0) is 13.2. The molecule has 0 spiro atoms. The summed E-state index contributed by atoms with van der Waals surface area (Å²) in [5, 5.41) is 3.76. The minimum atomic E-state index is 0.363. The highest BCUT2D eigenvalue weighted by Crippen LogP contribution is 2.35. The summed E-state index contributed by atoms with van der Waals surface area (Å²) in [4.78, 5) is 0. The Morgan fingerprint density at radius 1 is 1.32 bits per heavy atom. The molecule has 104 valence electrons. The molecule has 19 heavy (non-hydrogen) atoms. The molecule has 1 saturated heterocycles. The van der Waals surface area contributed by atoms with Gasteiger partial charge in [0.2, 0.25) is 0 Å². The number of fused-ring (bicyclic) bond motifs is 1. The van der Waals surface area contributed by atoms with Crippen molar-refractivity contribution in [3.8, 4) is 5.75 Å². The number of hydrogen-bond donors (Lipinski definition) is 1. The van der Waals surface area contributed by atoms with E-state index in [9.17, 15) is 0 Å². The highest BCUT2D eigenvalue weighted by molar-refractivity contribution is 5.38. The molecule has 2 aliphatic rings. The quantitative estimate of drug-likeness (QED) is 0.907. The van der Waals surface area contributed by atoms with Gasteiger partial charge in [0, 0.05) is 30.2 Å². The molecule has 0 bridgehead atoms. The Labute approximate surface area is 115 Å². The maximum absolute atomic E-state index is 5.80. The lowest BCUT2D eigenvalue weighted by atomic mass is 9.91. The molecule has 1 aromatic rings. The van der Waals surface area contributed by atoms with E-state index >= 15 is 0 Å². The van der Waals surface area contributed by atoms with Gasteiger partial charge in [-0.15, -0.1) is 0 Å². The summed E-state index contributed by atoms with van der Waals surface area (Å²) in [5.41, 5.74) is 1.28. The summed E-state index contributed by atoms with van der Waals surface area (Å²) in [7, 11) is 0. The average molecular weight is 261 g/mol. The zero-order valence-electron chi connectivity index (χ0n) is 11.8. The van der Waals surface area contributed by atoms with Crippen molar-refractivity contribution in [2.45, 2.75) is 44.9 Å². The monoisotopic (exact) mass is 261 g/mol. The first-order valence-corrected chi connectivity index (χ1v) is 7.35. The highest BCUT2D eigenvalue weighted by atomic mass is 16.5. The van der Waals surface area contributed by atoms with Crippen molar-refractivity contribution < 1.29 is 9.47 Å². The van der Waals surface area contributed by atoms with Crippen molar-refractivity contribution in [3.05, 3.63) is 29.8 Å². The van der Waals surface area contributed by atoms with E-state index in [1.807, 2.05) is 6.07 Å². The summed E-state index contributed by atoms with van der Waals surface area (Å²) < 4.78 is 11.6. The Bertz CT molecular complexity index is 429. The highest BCUT2D eigenvalue weighted by Gasteiger charge is 2.31. The van der Waals surface area contributed by atoms with Crippen molar-refractivity contribution in [2.75, 3.05) is 13.2 Å². The molecule has 3 rings (SSSR count). The third kappa shape index (κ3) is 2.63. The van der Waals surface area contributed by atoms with Gasteiger partial charge in [-0.2, -0.15) is 0 Å². The first-order chi connectivity index (χ1) is 9.25. The molecule has 3 heteroatoms. The number of nitrogens with one attached hydrogen (secondary N) is 1.